The molecule has 1 aliphatic rings. The Morgan fingerprint density at radius 2 is 2.20 bits per heavy atom. The lowest BCUT2D eigenvalue weighted by Gasteiger charge is -2.06. The van der Waals surface area contributed by atoms with Gasteiger partial charge in [-0.2, -0.15) is 0 Å². The number of fused-ring (bicyclic) bond motifs is 1. The third-order valence-electron chi connectivity index (χ3n) is 3.51. The highest BCUT2D eigenvalue weighted by Crippen LogP contribution is 2.26. The topological polar surface area (TPSA) is 77.2 Å². The van der Waals surface area contributed by atoms with Crippen molar-refractivity contribution in [3.63, 3.8) is 0 Å². The monoisotopic (exact) mass is 273 g/mol. The van der Waals surface area contributed by atoms with Gasteiger partial charge in [0, 0.05) is 31.3 Å². The lowest BCUT2D eigenvalue weighted by molar-refractivity contribution is -0.383. The molecule has 1 N–H and O–H groups in total. The van der Waals surface area contributed by atoms with Gasteiger partial charge in [-0.05, 0) is 25.0 Å². The molecule has 1 heterocycles. The second kappa shape index (κ2) is 4.96. The third-order valence-corrected chi connectivity index (χ3v) is 3.51. The fourth-order valence-corrected chi connectivity index (χ4v) is 2.31. The number of nitrogens with one attached hydrogen (secondary N) is 1. The van der Waals surface area contributed by atoms with E-state index < -0.39 is 0 Å². The summed E-state index contributed by atoms with van der Waals surface area (Å²) >= 11 is 0. The van der Waals surface area contributed by atoms with Crippen molar-refractivity contribution < 1.29 is 9.72 Å². The lowest BCUT2D eigenvalue weighted by atomic mass is 10.2. The Morgan fingerprint density at radius 1 is 1.40 bits per heavy atom. The number of nitro groups is 1. The van der Waals surface area contributed by atoms with Gasteiger partial charge in [-0.25, -0.2) is 0 Å². The van der Waals surface area contributed by atoms with E-state index in [4.69, 9.17) is 0 Å². The summed E-state index contributed by atoms with van der Waals surface area (Å²) in [6.45, 7) is 0.531. The average molecular weight is 273 g/mol. The van der Waals surface area contributed by atoms with Gasteiger partial charge in [-0.3, -0.25) is 14.9 Å². The van der Waals surface area contributed by atoms with E-state index in [0.29, 0.717) is 24.4 Å². The van der Waals surface area contributed by atoms with Crippen molar-refractivity contribution in [3.05, 3.63) is 40.6 Å². The van der Waals surface area contributed by atoms with E-state index >= 15 is 0 Å². The summed E-state index contributed by atoms with van der Waals surface area (Å²) in [5.74, 6) is 0.0415. The van der Waals surface area contributed by atoms with E-state index in [1.807, 2.05) is 10.6 Å². The molecule has 0 radical (unpaired) electrons. The normalized spacial score (nSPS) is 14.4. The molecule has 1 aromatic carbocycles. The largest absolute Gasteiger partial charge is 0.353 e. The number of benzene rings is 1. The van der Waals surface area contributed by atoms with Gasteiger partial charge in [-0.15, -0.1) is 0 Å². The zero-order chi connectivity index (χ0) is 14.1. The molecule has 1 fully saturated rings. The quantitative estimate of drug-likeness (QED) is 0.670. The first-order valence-corrected chi connectivity index (χ1v) is 6.67. The van der Waals surface area contributed by atoms with Crippen LogP contribution in [-0.2, 0) is 11.3 Å². The van der Waals surface area contributed by atoms with E-state index in [1.54, 1.807) is 18.3 Å². The zero-order valence-electron chi connectivity index (χ0n) is 10.9. The highest BCUT2D eigenvalue weighted by atomic mass is 16.6. The number of aromatic nitrogens is 1. The fourth-order valence-electron chi connectivity index (χ4n) is 2.31. The minimum Gasteiger partial charge on any atom is -0.353 e. The SMILES string of the molecule is O=C(CCn1ccc2c([N+](=O)[O-])cccc21)NC1CC1. The molecular weight excluding hydrogens is 258 g/mol. The van der Waals surface area contributed by atoms with Gasteiger partial charge in [-0.1, -0.05) is 6.07 Å². The molecule has 0 bridgehead atoms. The highest BCUT2D eigenvalue weighted by molar-refractivity contribution is 5.89. The molecule has 2 aromatic rings. The summed E-state index contributed by atoms with van der Waals surface area (Å²) < 4.78 is 1.88. The first kappa shape index (κ1) is 12.7. The predicted octanol–water partition coefficient (Wildman–Crippen LogP) is 2.22. The fraction of sp³-hybridized carbons (Fsp3) is 0.357. The number of nitro benzene ring substituents is 1. The van der Waals surface area contributed by atoms with Crippen LogP contribution in [0.15, 0.2) is 30.5 Å². The number of carbonyl (C=O) groups excluding carboxylic acids is 1. The first-order valence-electron chi connectivity index (χ1n) is 6.67. The maximum atomic E-state index is 11.7. The summed E-state index contributed by atoms with van der Waals surface area (Å²) in [5, 5.41) is 14.5. The molecule has 0 unspecified atom stereocenters. The summed E-state index contributed by atoms with van der Waals surface area (Å²) in [7, 11) is 0. The van der Waals surface area contributed by atoms with Crippen LogP contribution >= 0.6 is 0 Å². The molecule has 1 aliphatic carbocycles. The Labute approximate surface area is 115 Å². The molecular formula is C14H15N3O3. The molecule has 0 aliphatic heterocycles. The van der Waals surface area contributed by atoms with Crippen molar-refractivity contribution >= 4 is 22.5 Å². The standard InChI is InChI=1S/C14H15N3O3/c18-14(15-10-4-5-10)7-9-16-8-6-11-12(16)2-1-3-13(11)17(19)20/h1-3,6,8,10H,4-5,7,9H2,(H,15,18). The van der Waals surface area contributed by atoms with E-state index in [9.17, 15) is 14.9 Å². The van der Waals surface area contributed by atoms with Crippen LogP contribution in [0.3, 0.4) is 0 Å². The maximum Gasteiger partial charge on any atom is 0.278 e. The average Bonchev–Trinajstić information content (AvgIpc) is 3.14. The second-order valence-electron chi connectivity index (χ2n) is 5.07. The van der Waals surface area contributed by atoms with Crippen molar-refractivity contribution in [3.8, 4) is 0 Å². The number of rotatable bonds is 5. The summed E-state index contributed by atoms with van der Waals surface area (Å²) in [4.78, 5) is 22.2. The van der Waals surface area contributed by atoms with Crippen molar-refractivity contribution in [2.24, 2.45) is 0 Å². The van der Waals surface area contributed by atoms with Gasteiger partial charge in [0.2, 0.25) is 5.91 Å². The Balaban J connectivity index is 1.76. The Morgan fingerprint density at radius 3 is 2.90 bits per heavy atom. The van der Waals surface area contributed by atoms with Gasteiger partial charge in [0.15, 0.2) is 0 Å². The number of non-ortho nitro benzene ring substituents is 1. The van der Waals surface area contributed by atoms with Crippen molar-refractivity contribution in [1.82, 2.24) is 9.88 Å². The molecule has 0 spiro atoms. The summed E-state index contributed by atoms with van der Waals surface area (Å²) in [6.07, 6.45) is 4.33. The summed E-state index contributed by atoms with van der Waals surface area (Å²) in [5.41, 5.74) is 0.891. The summed E-state index contributed by atoms with van der Waals surface area (Å²) in [6, 6.07) is 7.09. The van der Waals surface area contributed by atoms with Gasteiger partial charge in [0.05, 0.1) is 15.8 Å². The third kappa shape index (κ3) is 2.49. The van der Waals surface area contributed by atoms with Crippen LogP contribution in [0.5, 0.6) is 0 Å². The number of carbonyl (C=O) groups is 1. The molecule has 0 saturated heterocycles. The van der Waals surface area contributed by atoms with E-state index in [1.165, 1.54) is 6.07 Å². The van der Waals surface area contributed by atoms with Crippen molar-refractivity contribution in [2.75, 3.05) is 0 Å². The molecule has 6 heteroatoms. The molecule has 20 heavy (non-hydrogen) atoms. The Hall–Kier alpha value is -2.37. The van der Waals surface area contributed by atoms with Crippen LogP contribution in [0.25, 0.3) is 10.9 Å². The smallest absolute Gasteiger partial charge is 0.278 e. The van der Waals surface area contributed by atoms with Crippen LogP contribution in [-0.4, -0.2) is 21.4 Å². The molecule has 1 amide bonds. The zero-order valence-corrected chi connectivity index (χ0v) is 10.9. The van der Waals surface area contributed by atoms with Gasteiger partial charge in [0.25, 0.3) is 5.69 Å². The van der Waals surface area contributed by atoms with Crippen molar-refractivity contribution in [2.45, 2.75) is 31.8 Å². The number of hydrogen-bond donors (Lipinski definition) is 1. The van der Waals surface area contributed by atoms with Gasteiger partial charge < -0.3 is 9.88 Å². The van der Waals surface area contributed by atoms with Crippen LogP contribution in [0, 0.1) is 10.1 Å². The lowest BCUT2D eigenvalue weighted by Crippen LogP contribution is -2.26. The van der Waals surface area contributed by atoms with Crippen LogP contribution in [0.2, 0.25) is 0 Å². The molecule has 1 saturated carbocycles. The van der Waals surface area contributed by atoms with Crippen LogP contribution < -0.4 is 5.32 Å². The van der Waals surface area contributed by atoms with E-state index in [0.717, 1.165) is 18.4 Å². The number of aryl methyl sites for hydroxylation is 1. The molecule has 0 atom stereocenters. The second-order valence-corrected chi connectivity index (χ2v) is 5.07. The van der Waals surface area contributed by atoms with Crippen molar-refractivity contribution in [1.29, 1.82) is 0 Å². The van der Waals surface area contributed by atoms with Crippen LogP contribution in [0.4, 0.5) is 5.69 Å². The van der Waals surface area contributed by atoms with Crippen LogP contribution in [0.1, 0.15) is 19.3 Å². The minimum absolute atomic E-state index is 0.0415. The predicted molar refractivity (Wildman–Crippen MR) is 74.4 cm³/mol. The number of amides is 1. The minimum atomic E-state index is -0.382. The number of hydrogen-bond acceptors (Lipinski definition) is 3. The van der Waals surface area contributed by atoms with E-state index in [-0.39, 0.29) is 16.5 Å². The van der Waals surface area contributed by atoms with Gasteiger partial charge in [0.1, 0.15) is 0 Å². The van der Waals surface area contributed by atoms with E-state index in [2.05, 4.69) is 5.32 Å². The Kier molecular flexibility index (Phi) is 3.14. The number of nitrogens with zero attached hydrogens (tertiary/aromatic N) is 2. The maximum absolute atomic E-state index is 11.7. The molecule has 3 rings (SSSR count). The Bertz CT molecular complexity index is 673. The molecule has 1 aromatic heterocycles. The molecule has 104 valence electrons. The molecule has 6 nitrogen and oxygen atoms in total. The van der Waals surface area contributed by atoms with Gasteiger partial charge >= 0.3 is 0 Å². The highest BCUT2D eigenvalue weighted by Gasteiger charge is 2.23. The first-order chi connectivity index (χ1) is 9.65.